The Morgan fingerprint density at radius 3 is 2.82 bits per heavy atom. The van der Waals surface area contributed by atoms with Crippen LogP contribution in [-0.2, 0) is 11.3 Å². The minimum atomic E-state index is -0.395. The number of carbonyl (C=O) groups is 1. The molecule has 1 aliphatic rings. The van der Waals surface area contributed by atoms with Crippen LogP contribution in [0.15, 0.2) is 59.5 Å². The van der Waals surface area contributed by atoms with Gasteiger partial charge in [0.15, 0.2) is 0 Å². The highest BCUT2D eigenvalue weighted by atomic mass is 16.5. The lowest BCUT2D eigenvalue weighted by molar-refractivity contribution is 0.0856. The first kappa shape index (κ1) is 21.1. The van der Waals surface area contributed by atoms with Crippen molar-refractivity contribution in [1.29, 1.82) is 5.41 Å². The van der Waals surface area contributed by atoms with E-state index in [1.165, 1.54) is 10.5 Å². The Hall–Kier alpha value is -3.78. The van der Waals surface area contributed by atoms with Crippen molar-refractivity contribution < 1.29 is 9.53 Å². The first-order valence-electron chi connectivity index (χ1n) is 11.1. The number of nitrogens with zero attached hydrogens (tertiary/aromatic N) is 3. The first-order chi connectivity index (χ1) is 16.0. The fourth-order valence-corrected chi connectivity index (χ4v) is 4.24. The summed E-state index contributed by atoms with van der Waals surface area (Å²) in [7, 11) is 0. The van der Waals surface area contributed by atoms with Crippen molar-refractivity contribution >= 4 is 22.6 Å². The second-order valence-electron chi connectivity index (χ2n) is 8.41. The Morgan fingerprint density at radius 2 is 2.06 bits per heavy atom. The SMILES string of the molecule is Cc1ccc2nc3c(cc(C(=O)NC[C@H]4CCCO4)c(=N)n3Cc3ccccc3)c(=O)n2c1. The van der Waals surface area contributed by atoms with E-state index < -0.39 is 5.91 Å². The first-order valence-corrected chi connectivity index (χ1v) is 11.1. The second-order valence-corrected chi connectivity index (χ2v) is 8.41. The number of carbonyl (C=O) groups excluding carboxylic acids is 1. The minimum Gasteiger partial charge on any atom is -0.376 e. The number of amides is 1. The molecule has 33 heavy (non-hydrogen) atoms. The van der Waals surface area contributed by atoms with Gasteiger partial charge < -0.3 is 14.6 Å². The summed E-state index contributed by atoms with van der Waals surface area (Å²) in [5.41, 5.74) is 2.63. The topological polar surface area (TPSA) is 101 Å². The zero-order valence-corrected chi connectivity index (χ0v) is 18.4. The Bertz CT molecular complexity index is 1470. The fourth-order valence-electron chi connectivity index (χ4n) is 4.24. The van der Waals surface area contributed by atoms with E-state index in [4.69, 9.17) is 15.1 Å². The molecule has 2 N–H and O–H groups in total. The summed E-state index contributed by atoms with van der Waals surface area (Å²) in [5, 5.41) is 12.0. The molecule has 1 aliphatic heterocycles. The number of hydrogen-bond donors (Lipinski definition) is 2. The van der Waals surface area contributed by atoms with Gasteiger partial charge in [-0.05, 0) is 43.0 Å². The molecule has 1 aromatic carbocycles. The smallest absolute Gasteiger partial charge is 0.267 e. The summed E-state index contributed by atoms with van der Waals surface area (Å²) in [6, 6.07) is 14.8. The zero-order chi connectivity index (χ0) is 22.9. The molecule has 4 aromatic rings. The van der Waals surface area contributed by atoms with Crippen LogP contribution in [0.2, 0.25) is 0 Å². The minimum absolute atomic E-state index is 0.0135. The van der Waals surface area contributed by atoms with E-state index in [9.17, 15) is 9.59 Å². The molecule has 5 rings (SSSR count). The highest BCUT2D eigenvalue weighted by Crippen LogP contribution is 2.14. The quantitative estimate of drug-likeness (QED) is 0.463. The van der Waals surface area contributed by atoms with Gasteiger partial charge in [0.2, 0.25) is 0 Å². The molecule has 4 heterocycles. The molecule has 8 heteroatoms. The maximum absolute atomic E-state index is 13.4. The number of ether oxygens (including phenoxy) is 1. The van der Waals surface area contributed by atoms with Crippen molar-refractivity contribution in [3.8, 4) is 0 Å². The van der Waals surface area contributed by atoms with Crippen LogP contribution < -0.4 is 16.4 Å². The highest BCUT2D eigenvalue weighted by Gasteiger charge is 2.20. The van der Waals surface area contributed by atoms with Gasteiger partial charge in [0.1, 0.15) is 16.8 Å². The molecule has 1 atom stereocenters. The van der Waals surface area contributed by atoms with Gasteiger partial charge in [0.05, 0.1) is 23.6 Å². The molecular weight excluding hydrogens is 418 g/mol. The van der Waals surface area contributed by atoms with E-state index in [0.717, 1.165) is 24.0 Å². The monoisotopic (exact) mass is 443 g/mol. The van der Waals surface area contributed by atoms with Crippen LogP contribution in [-0.4, -0.2) is 39.1 Å². The molecule has 168 valence electrons. The third-order valence-electron chi connectivity index (χ3n) is 6.00. The molecule has 0 unspecified atom stereocenters. The molecule has 0 spiro atoms. The van der Waals surface area contributed by atoms with Crippen molar-refractivity contribution in [2.75, 3.05) is 13.2 Å². The van der Waals surface area contributed by atoms with Crippen LogP contribution in [0.3, 0.4) is 0 Å². The maximum Gasteiger partial charge on any atom is 0.267 e. The summed E-state index contributed by atoms with van der Waals surface area (Å²) in [6.45, 7) is 3.30. The number of hydrogen-bond acceptors (Lipinski definition) is 5. The van der Waals surface area contributed by atoms with Crippen LogP contribution in [0.1, 0.15) is 34.3 Å². The predicted octanol–water partition coefficient (Wildman–Crippen LogP) is 2.39. The van der Waals surface area contributed by atoms with Gasteiger partial charge in [-0.3, -0.25) is 19.4 Å². The van der Waals surface area contributed by atoms with Crippen molar-refractivity contribution in [3.63, 3.8) is 0 Å². The van der Waals surface area contributed by atoms with Crippen LogP contribution in [0.5, 0.6) is 0 Å². The molecule has 0 saturated carbocycles. The molecule has 1 amide bonds. The van der Waals surface area contributed by atoms with E-state index in [-0.39, 0.29) is 22.7 Å². The van der Waals surface area contributed by atoms with Gasteiger partial charge in [-0.1, -0.05) is 36.4 Å². The number of fused-ring (bicyclic) bond motifs is 2. The van der Waals surface area contributed by atoms with E-state index in [2.05, 4.69) is 5.32 Å². The lowest BCUT2D eigenvalue weighted by Crippen LogP contribution is -2.38. The van der Waals surface area contributed by atoms with E-state index in [0.29, 0.717) is 36.4 Å². The molecule has 1 fully saturated rings. The molecule has 8 nitrogen and oxygen atoms in total. The van der Waals surface area contributed by atoms with Crippen LogP contribution in [0.4, 0.5) is 0 Å². The van der Waals surface area contributed by atoms with Crippen LogP contribution >= 0.6 is 0 Å². The molecule has 0 bridgehead atoms. The Morgan fingerprint density at radius 1 is 1.24 bits per heavy atom. The summed E-state index contributed by atoms with van der Waals surface area (Å²) < 4.78 is 8.71. The largest absolute Gasteiger partial charge is 0.376 e. The number of rotatable bonds is 5. The van der Waals surface area contributed by atoms with Gasteiger partial charge in [-0.25, -0.2) is 4.98 Å². The van der Waals surface area contributed by atoms with Gasteiger partial charge >= 0.3 is 0 Å². The summed E-state index contributed by atoms with van der Waals surface area (Å²) in [5.74, 6) is -0.395. The van der Waals surface area contributed by atoms with E-state index in [1.54, 1.807) is 16.8 Å². The summed E-state index contributed by atoms with van der Waals surface area (Å²) >= 11 is 0. The average Bonchev–Trinajstić information content (AvgIpc) is 3.34. The molecule has 0 aliphatic carbocycles. The normalized spacial score (nSPS) is 15.8. The number of nitrogens with one attached hydrogen (secondary N) is 2. The Balaban J connectivity index is 1.68. The maximum atomic E-state index is 13.4. The number of aryl methyl sites for hydroxylation is 1. The van der Waals surface area contributed by atoms with Crippen LogP contribution in [0, 0.1) is 12.3 Å². The van der Waals surface area contributed by atoms with Crippen LogP contribution in [0.25, 0.3) is 16.7 Å². The van der Waals surface area contributed by atoms with Crippen molar-refractivity contribution in [2.24, 2.45) is 0 Å². The second kappa shape index (κ2) is 8.63. The average molecular weight is 444 g/mol. The molecular formula is C25H25N5O3. The Labute approximate surface area is 190 Å². The third-order valence-corrected chi connectivity index (χ3v) is 6.00. The van der Waals surface area contributed by atoms with E-state index >= 15 is 0 Å². The molecule has 1 saturated heterocycles. The Kier molecular flexibility index (Phi) is 5.51. The van der Waals surface area contributed by atoms with Gasteiger partial charge in [-0.2, -0.15) is 0 Å². The standard InChI is InChI=1S/C25H25N5O3/c1-16-9-10-21-28-23-20(25(32)29(21)14-16)12-19(24(31)27-13-18-8-5-11-33-18)22(26)30(23)15-17-6-3-2-4-7-17/h2-4,6-7,9-10,12,14,18,26H,5,8,11,13,15H2,1H3,(H,27,31)/t18-/m1/s1. The van der Waals surface area contributed by atoms with Gasteiger partial charge in [0.25, 0.3) is 11.5 Å². The highest BCUT2D eigenvalue weighted by molar-refractivity contribution is 5.96. The number of aromatic nitrogens is 3. The third kappa shape index (κ3) is 4.05. The molecule has 3 aromatic heterocycles. The van der Waals surface area contributed by atoms with Crippen molar-refractivity contribution in [1.82, 2.24) is 19.3 Å². The number of pyridine rings is 2. The van der Waals surface area contributed by atoms with Gasteiger partial charge in [-0.15, -0.1) is 0 Å². The van der Waals surface area contributed by atoms with Crippen molar-refractivity contribution in [2.45, 2.75) is 32.4 Å². The summed E-state index contributed by atoms with van der Waals surface area (Å²) in [6.07, 6.45) is 3.60. The van der Waals surface area contributed by atoms with E-state index in [1.807, 2.05) is 43.3 Å². The van der Waals surface area contributed by atoms with Gasteiger partial charge in [0, 0.05) is 19.3 Å². The molecule has 0 radical (unpaired) electrons. The lowest BCUT2D eigenvalue weighted by atomic mass is 10.1. The lowest BCUT2D eigenvalue weighted by Gasteiger charge is -2.16. The van der Waals surface area contributed by atoms with Crippen molar-refractivity contribution in [3.05, 3.63) is 87.3 Å². The zero-order valence-electron chi connectivity index (χ0n) is 18.4. The predicted molar refractivity (Wildman–Crippen MR) is 124 cm³/mol. The fraction of sp³-hybridized carbons (Fsp3) is 0.280. The number of benzene rings is 1. The summed E-state index contributed by atoms with van der Waals surface area (Å²) in [4.78, 5) is 31.2.